The van der Waals surface area contributed by atoms with E-state index < -0.39 is 0 Å². The van der Waals surface area contributed by atoms with Crippen LogP contribution in [0.15, 0.2) is 37.1 Å². The van der Waals surface area contributed by atoms with Crippen molar-refractivity contribution in [1.82, 2.24) is 4.90 Å². The van der Waals surface area contributed by atoms with Crippen molar-refractivity contribution in [2.75, 3.05) is 13.6 Å². The summed E-state index contributed by atoms with van der Waals surface area (Å²) in [6, 6.07) is 0. The van der Waals surface area contributed by atoms with E-state index in [4.69, 9.17) is 0 Å². The van der Waals surface area contributed by atoms with Crippen LogP contribution in [0.5, 0.6) is 0 Å². The molecule has 0 spiro atoms. The minimum atomic E-state index is 0.315. The Labute approximate surface area is 111 Å². The number of carbonyl (C=O) groups is 1. The summed E-state index contributed by atoms with van der Waals surface area (Å²) >= 11 is 0. The Balaban J connectivity index is 2.36. The van der Waals surface area contributed by atoms with Crippen LogP contribution < -0.4 is 0 Å². The lowest BCUT2D eigenvalue weighted by Crippen LogP contribution is -2.28. The second-order valence-corrected chi connectivity index (χ2v) is 5.29. The van der Waals surface area contributed by atoms with Gasteiger partial charge in [0, 0.05) is 25.2 Å². The maximum atomic E-state index is 11.3. The predicted octanol–water partition coefficient (Wildman–Crippen LogP) is 3.57. The first-order chi connectivity index (χ1) is 8.54. The second-order valence-electron chi connectivity index (χ2n) is 5.29. The van der Waals surface area contributed by atoms with Crippen molar-refractivity contribution in [3.05, 3.63) is 37.1 Å². The molecule has 0 amide bonds. The first-order valence-electron chi connectivity index (χ1n) is 6.74. The summed E-state index contributed by atoms with van der Waals surface area (Å²) < 4.78 is 0. The van der Waals surface area contributed by atoms with Gasteiger partial charge in [-0.3, -0.25) is 4.79 Å². The molecule has 2 heteroatoms. The lowest BCUT2D eigenvalue weighted by molar-refractivity contribution is -0.121. The van der Waals surface area contributed by atoms with Gasteiger partial charge < -0.3 is 4.90 Å². The average molecular weight is 247 g/mol. The standard InChI is InChI=1S/C16H25NO/c1-5-6-7-13(2)17(4)12-15-8-10-16(11-9-15)14(3)18/h5-7,15-16H,1-2,8-12H2,3-4H3/b7-6-. The monoisotopic (exact) mass is 247 g/mol. The van der Waals surface area contributed by atoms with Gasteiger partial charge in [0.15, 0.2) is 0 Å². The quantitative estimate of drug-likeness (QED) is 0.669. The number of hydrogen-bond acceptors (Lipinski definition) is 2. The molecule has 0 aromatic carbocycles. The molecule has 0 saturated heterocycles. The van der Waals surface area contributed by atoms with Gasteiger partial charge >= 0.3 is 0 Å². The van der Waals surface area contributed by atoms with Gasteiger partial charge in [0.05, 0.1) is 0 Å². The zero-order chi connectivity index (χ0) is 13.5. The van der Waals surface area contributed by atoms with Crippen molar-refractivity contribution in [1.29, 1.82) is 0 Å². The van der Waals surface area contributed by atoms with Crippen LogP contribution in [0.4, 0.5) is 0 Å². The highest BCUT2D eigenvalue weighted by Crippen LogP contribution is 2.30. The van der Waals surface area contributed by atoms with Gasteiger partial charge in [0.1, 0.15) is 5.78 Å². The van der Waals surface area contributed by atoms with Gasteiger partial charge in [-0.15, -0.1) is 0 Å². The molecule has 0 heterocycles. The van der Waals surface area contributed by atoms with Crippen LogP contribution in [-0.2, 0) is 4.79 Å². The molecule has 0 N–H and O–H groups in total. The molecule has 0 bridgehead atoms. The van der Waals surface area contributed by atoms with Crippen molar-refractivity contribution in [2.24, 2.45) is 11.8 Å². The zero-order valence-electron chi connectivity index (χ0n) is 11.7. The first-order valence-corrected chi connectivity index (χ1v) is 6.74. The van der Waals surface area contributed by atoms with Crippen LogP contribution in [0.25, 0.3) is 0 Å². The molecular formula is C16H25NO. The van der Waals surface area contributed by atoms with E-state index in [1.807, 2.05) is 12.2 Å². The third kappa shape index (κ3) is 4.52. The van der Waals surface area contributed by atoms with E-state index in [2.05, 4.69) is 25.1 Å². The third-order valence-corrected chi connectivity index (χ3v) is 3.87. The number of likely N-dealkylation sites (N-methyl/N-ethyl adjacent to an activating group) is 1. The summed E-state index contributed by atoms with van der Waals surface area (Å²) in [7, 11) is 2.08. The highest BCUT2D eigenvalue weighted by atomic mass is 16.1. The number of allylic oxidation sites excluding steroid dienone is 3. The molecule has 0 aromatic heterocycles. The number of carbonyl (C=O) groups excluding carboxylic acids is 1. The van der Waals surface area contributed by atoms with E-state index in [0.29, 0.717) is 17.6 Å². The van der Waals surface area contributed by atoms with Crippen LogP contribution >= 0.6 is 0 Å². The largest absolute Gasteiger partial charge is 0.375 e. The molecule has 0 radical (unpaired) electrons. The van der Waals surface area contributed by atoms with Gasteiger partial charge in [-0.05, 0) is 44.6 Å². The Kier molecular flexibility index (Phi) is 5.90. The molecular weight excluding hydrogens is 222 g/mol. The van der Waals surface area contributed by atoms with Gasteiger partial charge in [0.25, 0.3) is 0 Å². The number of ketones is 1. The van der Waals surface area contributed by atoms with E-state index in [1.54, 1.807) is 13.0 Å². The van der Waals surface area contributed by atoms with Crippen molar-refractivity contribution in [3.8, 4) is 0 Å². The minimum absolute atomic E-state index is 0.315. The van der Waals surface area contributed by atoms with Crippen molar-refractivity contribution < 1.29 is 4.79 Å². The molecule has 1 rings (SSSR count). The lowest BCUT2D eigenvalue weighted by atomic mass is 9.80. The van der Waals surface area contributed by atoms with Crippen molar-refractivity contribution >= 4 is 5.78 Å². The fraction of sp³-hybridized carbons (Fsp3) is 0.562. The molecule has 1 fully saturated rings. The third-order valence-electron chi connectivity index (χ3n) is 3.87. The maximum absolute atomic E-state index is 11.3. The van der Waals surface area contributed by atoms with Crippen LogP contribution in [0, 0.1) is 11.8 Å². The summed E-state index contributed by atoms with van der Waals surface area (Å²) in [6.45, 7) is 10.4. The SMILES string of the molecule is C=C/C=C\C(=C)N(C)CC1CCC(C(C)=O)CC1. The summed E-state index contributed by atoms with van der Waals surface area (Å²) in [5, 5.41) is 0. The molecule has 0 atom stereocenters. The highest BCUT2D eigenvalue weighted by molar-refractivity contribution is 5.78. The Hall–Kier alpha value is -1.31. The first kappa shape index (κ1) is 14.7. The lowest BCUT2D eigenvalue weighted by Gasteiger charge is -2.31. The predicted molar refractivity (Wildman–Crippen MR) is 77.2 cm³/mol. The van der Waals surface area contributed by atoms with Crippen LogP contribution in [0.1, 0.15) is 32.6 Å². The topological polar surface area (TPSA) is 20.3 Å². The number of rotatable bonds is 6. The Morgan fingerprint density at radius 3 is 2.44 bits per heavy atom. The molecule has 1 saturated carbocycles. The minimum Gasteiger partial charge on any atom is -0.375 e. The van der Waals surface area contributed by atoms with Crippen molar-refractivity contribution in [3.63, 3.8) is 0 Å². The molecule has 1 aliphatic rings. The van der Waals surface area contributed by atoms with E-state index >= 15 is 0 Å². The Morgan fingerprint density at radius 1 is 1.33 bits per heavy atom. The number of Topliss-reactive ketones (excluding diaryl/α,β-unsaturated/α-hetero) is 1. The zero-order valence-corrected chi connectivity index (χ0v) is 11.7. The smallest absolute Gasteiger partial charge is 0.132 e. The van der Waals surface area contributed by atoms with E-state index in [-0.39, 0.29) is 0 Å². The molecule has 2 nitrogen and oxygen atoms in total. The summed E-state index contributed by atoms with van der Waals surface area (Å²) in [4.78, 5) is 13.5. The molecule has 0 aromatic rings. The van der Waals surface area contributed by atoms with E-state index in [9.17, 15) is 4.79 Å². The van der Waals surface area contributed by atoms with Gasteiger partial charge in [0.2, 0.25) is 0 Å². The molecule has 0 aliphatic heterocycles. The fourth-order valence-electron chi connectivity index (χ4n) is 2.56. The summed E-state index contributed by atoms with van der Waals surface area (Å²) in [5.74, 6) is 1.37. The van der Waals surface area contributed by atoms with Crippen LogP contribution in [0.2, 0.25) is 0 Å². The Morgan fingerprint density at radius 2 is 1.94 bits per heavy atom. The molecule has 18 heavy (non-hydrogen) atoms. The number of nitrogens with zero attached hydrogens (tertiary/aromatic N) is 1. The summed E-state index contributed by atoms with van der Waals surface area (Å²) in [6.07, 6.45) is 10.1. The van der Waals surface area contributed by atoms with E-state index in [0.717, 1.165) is 37.9 Å². The average Bonchev–Trinajstić information content (AvgIpc) is 2.36. The number of hydrogen-bond donors (Lipinski definition) is 0. The molecule has 0 unspecified atom stereocenters. The van der Waals surface area contributed by atoms with Crippen LogP contribution in [-0.4, -0.2) is 24.3 Å². The van der Waals surface area contributed by atoms with E-state index in [1.165, 1.54) is 0 Å². The molecule has 100 valence electrons. The molecule has 1 aliphatic carbocycles. The highest BCUT2D eigenvalue weighted by Gasteiger charge is 2.24. The van der Waals surface area contributed by atoms with Gasteiger partial charge in [-0.1, -0.05) is 25.3 Å². The maximum Gasteiger partial charge on any atom is 0.132 e. The normalized spacial score (nSPS) is 23.9. The van der Waals surface area contributed by atoms with Gasteiger partial charge in [-0.2, -0.15) is 0 Å². The van der Waals surface area contributed by atoms with Crippen molar-refractivity contribution in [2.45, 2.75) is 32.6 Å². The Bertz CT molecular complexity index is 335. The second kappa shape index (κ2) is 7.20. The fourth-order valence-corrected chi connectivity index (χ4v) is 2.56. The van der Waals surface area contributed by atoms with Crippen LogP contribution in [0.3, 0.4) is 0 Å². The van der Waals surface area contributed by atoms with Gasteiger partial charge in [-0.25, -0.2) is 0 Å². The summed E-state index contributed by atoms with van der Waals surface area (Å²) in [5.41, 5.74) is 1.02.